The Hall–Kier alpha value is -0.450. The van der Waals surface area contributed by atoms with Gasteiger partial charge >= 0.3 is 0 Å². The van der Waals surface area contributed by atoms with Crippen LogP contribution in [0.1, 0.15) is 57.2 Å². The van der Waals surface area contributed by atoms with Crippen LogP contribution in [0.25, 0.3) is 0 Å². The summed E-state index contributed by atoms with van der Waals surface area (Å²) < 4.78 is 5.68. The Morgan fingerprint density at radius 2 is 2.06 bits per heavy atom. The molecule has 0 unspecified atom stereocenters. The Morgan fingerprint density at radius 1 is 1.41 bits per heavy atom. The van der Waals surface area contributed by atoms with E-state index in [1.807, 2.05) is 0 Å². The number of aromatic nitrogens is 1. The summed E-state index contributed by atoms with van der Waals surface area (Å²) >= 11 is 1.70. The molecule has 0 saturated heterocycles. The summed E-state index contributed by atoms with van der Waals surface area (Å²) in [4.78, 5) is 4.53. The molecule has 1 rings (SSSR count). The highest BCUT2D eigenvalue weighted by Gasteiger charge is 2.20. The van der Waals surface area contributed by atoms with E-state index in [0.29, 0.717) is 19.1 Å². The van der Waals surface area contributed by atoms with E-state index < -0.39 is 0 Å². The molecular formula is C13H24N2OS. The monoisotopic (exact) mass is 256 g/mol. The highest BCUT2D eigenvalue weighted by Crippen LogP contribution is 2.20. The molecule has 0 aliphatic rings. The van der Waals surface area contributed by atoms with E-state index in [1.165, 1.54) is 5.01 Å². The third-order valence-electron chi connectivity index (χ3n) is 3.11. The average Bonchev–Trinajstić information content (AvgIpc) is 2.78. The summed E-state index contributed by atoms with van der Waals surface area (Å²) in [7, 11) is 0. The number of nitrogens with zero attached hydrogens (tertiary/aromatic N) is 1. The molecule has 1 heterocycles. The molecule has 0 spiro atoms. The lowest BCUT2D eigenvalue weighted by Crippen LogP contribution is -2.43. The third kappa shape index (κ3) is 4.37. The van der Waals surface area contributed by atoms with Gasteiger partial charge in [0, 0.05) is 16.8 Å². The normalized spacial score (nSPS) is 12.4. The second-order valence-corrected chi connectivity index (χ2v) is 5.78. The summed E-state index contributed by atoms with van der Waals surface area (Å²) in [5.41, 5.74) is 7.01. The van der Waals surface area contributed by atoms with Gasteiger partial charge in [-0.2, -0.15) is 0 Å². The number of hydrogen-bond donors (Lipinski definition) is 1. The number of thiazole rings is 1. The first kappa shape index (κ1) is 14.6. The van der Waals surface area contributed by atoms with Crippen molar-refractivity contribution in [1.29, 1.82) is 0 Å². The lowest BCUT2D eigenvalue weighted by atomic mass is 9.96. The highest BCUT2D eigenvalue weighted by molar-refractivity contribution is 7.09. The van der Waals surface area contributed by atoms with Crippen LogP contribution >= 0.6 is 11.3 Å². The highest BCUT2D eigenvalue weighted by atomic mass is 32.1. The van der Waals surface area contributed by atoms with Gasteiger partial charge in [0.25, 0.3) is 0 Å². The topological polar surface area (TPSA) is 48.1 Å². The van der Waals surface area contributed by atoms with Crippen LogP contribution in [-0.4, -0.2) is 17.1 Å². The zero-order valence-electron chi connectivity index (χ0n) is 11.3. The minimum absolute atomic E-state index is 0.184. The van der Waals surface area contributed by atoms with Crippen molar-refractivity contribution in [3.8, 4) is 0 Å². The van der Waals surface area contributed by atoms with Crippen LogP contribution in [0.5, 0.6) is 0 Å². The van der Waals surface area contributed by atoms with Gasteiger partial charge in [0.1, 0.15) is 0 Å². The van der Waals surface area contributed by atoms with Gasteiger partial charge < -0.3 is 10.5 Å². The molecule has 3 nitrogen and oxygen atoms in total. The largest absolute Gasteiger partial charge is 0.373 e. The van der Waals surface area contributed by atoms with Crippen LogP contribution < -0.4 is 5.73 Å². The Labute approximate surface area is 108 Å². The molecule has 0 radical (unpaired) electrons. The van der Waals surface area contributed by atoms with Crippen LogP contribution in [-0.2, 0) is 11.3 Å². The smallest absolute Gasteiger partial charge is 0.0954 e. The van der Waals surface area contributed by atoms with Gasteiger partial charge in [-0.25, -0.2) is 4.98 Å². The standard InChI is InChI=1S/C13H24N2OS/c1-5-13(14,6-2)9-16-7-11-8-17-12(15-11)10(3)4/h8,10H,5-7,9,14H2,1-4H3. The summed E-state index contributed by atoms with van der Waals surface area (Å²) in [6.07, 6.45) is 1.88. The fourth-order valence-corrected chi connectivity index (χ4v) is 2.29. The van der Waals surface area contributed by atoms with E-state index in [4.69, 9.17) is 10.5 Å². The summed E-state index contributed by atoms with van der Waals surface area (Å²) in [5, 5.41) is 3.25. The summed E-state index contributed by atoms with van der Waals surface area (Å²) in [5.74, 6) is 0.494. The number of hydrogen-bond acceptors (Lipinski definition) is 4. The molecule has 1 aromatic rings. The Morgan fingerprint density at radius 3 is 2.53 bits per heavy atom. The molecule has 2 N–H and O–H groups in total. The molecule has 0 bridgehead atoms. The summed E-state index contributed by atoms with van der Waals surface area (Å²) in [6, 6.07) is 0. The quantitative estimate of drug-likeness (QED) is 0.814. The molecule has 0 fully saturated rings. The zero-order chi connectivity index (χ0) is 12.9. The van der Waals surface area contributed by atoms with E-state index in [0.717, 1.165) is 18.5 Å². The second kappa shape index (κ2) is 6.47. The molecule has 0 saturated carbocycles. The van der Waals surface area contributed by atoms with E-state index in [-0.39, 0.29) is 5.54 Å². The lowest BCUT2D eigenvalue weighted by molar-refractivity contribution is 0.0679. The minimum Gasteiger partial charge on any atom is -0.373 e. The Bertz CT molecular complexity index is 332. The predicted molar refractivity (Wildman–Crippen MR) is 73.4 cm³/mol. The lowest BCUT2D eigenvalue weighted by Gasteiger charge is -2.25. The van der Waals surface area contributed by atoms with Crippen LogP contribution in [0.3, 0.4) is 0 Å². The predicted octanol–water partition coefficient (Wildman–Crippen LogP) is 3.30. The van der Waals surface area contributed by atoms with Gasteiger partial charge in [-0.3, -0.25) is 0 Å². The SMILES string of the molecule is CCC(N)(CC)COCc1csc(C(C)C)n1. The molecule has 0 atom stereocenters. The van der Waals surface area contributed by atoms with Crippen LogP contribution in [0, 0.1) is 0 Å². The van der Waals surface area contributed by atoms with Crippen molar-refractivity contribution in [3.63, 3.8) is 0 Å². The van der Waals surface area contributed by atoms with Crippen LogP contribution in [0.4, 0.5) is 0 Å². The Balaban J connectivity index is 2.40. The van der Waals surface area contributed by atoms with Crippen LogP contribution in [0.2, 0.25) is 0 Å². The minimum atomic E-state index is -0.184. The van der Waals surface area contributed by atoms with Gasteiger partial charge in [0.2, 0.25) is 0 Å². The maximum atomic E-state index is 6.17. The first-order valence-corrected chi connectivity index (χ1v) is 7.19. The fraction of sp³-hybridized carbons (Fsp3) is 0.769. The van der Waals surface area contributed by atoms with Crippen molar-refractivity contribution in [2.75, 3.05) is 6.61 Å². The fourth-order valence-electron chi connectivity index (χ4n) is 1.47. The molecule has 0 aliphatic heterocycles. The van der Waals surface area contributed by atoms with Crippen molar-refractivity contribution in [2.45, 2.75) is 58.6 Å². The van der Waals surface area contributed by atoms with Crippen molar-refractivity contribution in [2.24, 2.45) is 5.73 Å². The molecule has 0 aromatic carbocycles. The van der Waals surface area contributed by atoms with E-state index in [9.17, 15) is 0 Å². The van der Waals surface area contributed by atoms with Gasteiger partial charge in [-0.05, 0) is 12.8 Å². The molecule has 0 amide bonds. The van der Waals surface area contributed by atoms with E-state index in [2.05, 4.69) is 38.1 Å². The van der Waals surface area contributed by atoms with E-state index in [1.54, 1.807) is 11.3 Å². The third-order valence-corrected chi connectivity index (χ3v) is 4.31. The maximum Gasteiger partial charge on any atom is 0.0954 e. The molecule has 17 heavy (non-hydrogen) atoms. The van der Waals surface area contributed by atoms with E-state index >= 15 is 0 Å². The van der Waals surface area contributed by atoms with Crippen molar-refractivity contribution in [3.05, 3.63) is 16.1 Å². The van der Waals surface area contributed by atoms with Crippen molar-refractivity contribution < 1.29 is 4.74 Å². The average molecular weight is 256 g/mol. The molecule has 98 valence electrons. The van der Waals surface area contributed by atoms with Gasteiger partial charge in [0.05, 0.1) is 23.9 Å². The summed E-state index contributed by atoms with van der Waals surface area (Å²) in [6.45, 7) is 9.70. The molecule has 4 heteroatoms. The first-order chi connectivity index (χ1) is 8.00. The maximum absolute atomic E-state index is 6.17. The number of ether oxygens (including phenoxy) is 1. The van der Waals surface area contributed by atoms with Crippen molar-refractivity contribution in [1.82, 2.24) is 4.98 Å². The molecule has 1 aromatic heterocycles. The van der Waals surface area contributed by atoms with Crippen molar-refractivity contribution >= 4 is 11.3 Å². The van der Waals surface area contributed by atoms with Gasteiger partial charge in [-0.15, -0.1) is 11.3 Å². The number of rotatable bonds is 7. The Kier molecular flexibility index (Phi) is 5.56. The molecular weight excluding hydrogens is 232 g/mol. The zero-order valence-corrected chi connectivity index (χ0v) is 12.1. The second-order valence-electron chi connectivity index (χ2n) is 4.89. The number of nitrogens with two attached hydrogens (primary N) is 1. The first-order valence-electron chi connectivity index (χ1n) is 6.31. The molecule has 0 aliphatic carbocycles. The van der Waals surface area contributed by atoms with Gasteiger partial charge in [0.15, 0.2) is 0 Å². The van der Waals surface area contributed by atoms with Crippen LogP contribution in [0.15, 0.2) is 5.38 Å². The van der Waals surface area contributed by atoms with Gasteiger partial charge in [-0.1, -0.05) is 27.7 Å².